The number of hydrogen-bond donors (Lipinski definition) is 1. The third-order valence-electron chi connectivity index (χ3n) is 3.56. The summed E-state index contributed by atoms with van der Waals surface area (Å²) in [5.41, 5.74) is 4.57. The van der Waals surface area contributed by atoms with E-state index >= 15 is 0 Å². The fraction of sp³-hybridized carbons (Fsp3) is 0.167. The molecule has 0 bridgehead atoms. The standard InChI is InChI=1S/C18H17ClN2/c1-13-7-8-15(17(19)10-13)11-20-12-16-5-2-4-14-6-3-9-21-18(14)16/h2-10,20H,11-12H2,1H3. The predicted molar refractivity (Wildman–Crippen MR) is 88.5 cm³/mol. The Kier molecular flexibility index (Phi) is 4.18. The smallest absolute Gasteiger partial charge is 0.0746 e. The van der Waals surface area contributed by atoms with Crippen molar-refractivity contribution in [1.29, 1.82) is 0 Å². The molecule has 0 atom stereocenters. The van der Waals surface area contributed by atoms with Gasteiger partial charge in [0.1, 0.15) is 0 Å². The minimum Gasteiger partial charge on any atom is -0.308 e. The number of pyridine rings is 1. The van der Waals surface area contributed by atoms with Gasteiger partial charge in [0.2, 0.25) is 0 Å². The zero-order valence-corrected chi connectivity index (χ0v) is 12.7. The van der Waals surface area contributed by atoms with Crippen molar-refractivity contribution in [3.05, 3.63) is 76.4 Å². The number of halogens is 1. The number of aromatic nitrogens is 1. The zero-order chi connectivity index (χ0) is 14.7. The molecule has 0 amide bonds. The minimum atomic E-state index is 0.752. The van der Waals surface area contributed by atoms with E-state index < -0.39 is 0 Å². The van der Waals surface area contributed by atoms with Gasteiger partial charge in [-0.05, 0) is 35.7 Å². The number of nitrogens with one attached hydrogen (secondary N) is 1. The molecule has 2 aromatic carbocycles. The van der Waals surface area contributed by atoms with Crippen LogP contribution in [0.5, 0.6) is 0 Å². The summed E-state index contributed by atoms with van der Waals surface area (Å²) in [5.74, 6) is 0. The Morgan fingerprint density at radius 3 is 2.67 bits per heavy atom. The third-order valence-corrected chi connectivity index (χ3v) is 3.91. The molecule has 106 valence electrons. The molecule has 0 unspecified atom stereocenters. The summed E-state index contributed by atoms with van der Waals surface area (Å²) >= 11 is 6.25. The first kappa shape index (κ1) is 14.1. The Morgan fingerprint density at radius 2 is 1.81 bits per heavy atom. The molecule has 0 fully saturated rings. The van der Waals surface area contributed by atoms with Gasteiger partial charge in [-0.1, -0.05) is 48.0 Å². The molecule has 0 saturated carbocycles. The van der Waals surface area contributed by atoms with Crippen LogP contribution in [-0.4, -0.2) is 4.98 Å². The van der Waals surface area contributed by atoms with Crippen molar-refractivity contribution >= 4 is 22.5 Å². The van der Waals surface area contributed by atoms with Crippen LogP contribution in [0.15, 0.2) is 54.7 Å². The summed E-state index contributed by atoms with van der Waals surface area (Å²) in [6.07, 6.45) is 1.84. The molecule has 0 spiro atoms. The van der Waals surface area contributed by atoms with Crippen LogP contribution in [-0.2, 0) is 13.1 Å². The van der Waals surface area contributed by atoms with Gasteiger partial charge in [0.25, 0.3) is 0 Å². The second-order valence-corrected chi connectivity index (χ2v) is 5.60. The van der Waals surface area contributed by atoms with Gasteiger partial charge >= 0.3 is 0 Å². The van der Waals surface area contributed by atoms with Crippen molar-refractivity contribution in [2.24, 2.45) is 0 Å². The first-order valence-electron chi connectivity index (χ1n) is 7.02. The monoisotopic (exact) mass is 296 g/mol. The molecule has 0 aliphatic rings. The molecule has 2 nitrogen and oxygen atoms in total. The number of nitrogens with zero attached hydrogens (tertiary/aromatic N) is 1. The van der Waals surface area contributed by atoms with Crippen molar-refractivity contribution in [3.63, 3.8) is 0 Å². The Morgan fingerprint density at radius 1 is 1.00 bits per heavy atom. The van der Waals surface area contributed by atoms with Crippen LogP contribution >= 0.6 is 11.6 Å². The zero-order valence-electron chi connectivity index (χ0n) is 11.9. The van der Waals surface area contributed by atoms with Gasteiger partial charge in [0, 0.05) is 29.7 Å². The first-order valence-corrected chi connectivity index (χ1v) is 7.40. The Balaban J connectivity index is 1.72. The summed E-state index contributed by atoms with van der Waals surface area (Å²) in [5, 5.41) is 5.44. The largest absolute Gasteiger partial charge is 0.308 e. The number of benzene rings is 2. The predicted octanol–water partition coefficient (Wildman–Crippen LogP) is 4.49. The van der Waals surface area contributed by atoms with Crippen LogP contribution in [0.25, 0.3) is 10.9 Å². The van der Waals surface area contributed by atoms with Gasteiger partial charge in [0.05, 0.1) is 5.52 Å². The van der Waals surface area contributed by atoms with Crippen LogP contribution in [0.3, 0.4) is 0 Å². The highest BCUT2D eigenvalue weighted by atomic mass is 35.5. The molecule has 3 aromatic rings. The molecule has 0 radical (unpaired) electrons. The van der Waals surface area contributed by atoms with Crippen molar-refractivity contribution in [3.8, 4) is 0 Å². The number of fused-ring (bicyclic) bond motifs is 1. The van der Waals surface area contributed by atoms with Gasteiger partial charge in [-0.3, -0.25) is 4.98 Å². The molecule has 0 aliphatic heterocycles. The third kappa shape index (κ3) is 3.23. The summed E-state index contributed by atoms with van der Waals surface area (Å²) in [4.78, 5) is 4.47. The highest BCUT2D eigenvalue weighted by Crippen LogP contribution is 2.18. The average molecular weight is 297 g/mol. The topological polar surface area (TPSA) is 24.9 Å². The first-order chi connectivity index (χ1) is 10.2. The van der Waals surface area contributed by atoms with E-state index in [1.807, 2.05) is 25.3 Å². The molecule has 0 aliphatic carbocycles. The number of rotatable bonds is 4. The van der Waals surface area contributed by atoms with Crippen LogP contribution < -0.4 is 5.32 Å². The van der Waals surface area contributed by atoms with E-state index in [4.69, 9.17) is 11.6 Å². The maximum absolute atomic E-state index is 6.25. The van der Waals surface area contributed by atoms with E-state index in [0.717, 1.165) is 29.2 Å². The van der Waals surface area contributed by atoms with Gasteiger partial charge in [-0.25, -0.2) is 0 Å². The van der Waals surface area contributed by atoms with Gasteiger partial charge in [0.15, 0.2) is 0 Å². The normalized spacial score (nSPS) is 11.0. The van der Waals surface area contributed by atoms with Crippen LogP contribution in [0.1, 0.15) is 16.7 Å². The SMILES string of the molecule is Cc1ccc(CNCc2cccc3cccnc23)c(Cl)c1. The number of hydrogen-bond acceptors (Lipinski definition) is 2. The Labute approximate surface area is 129 Å². The quantitative estimate of drug-likeness (QED) is 0.767. The highest BCUT2D eigenvalue weighted by molar-refractivity contribution is 6.31. The van der Waals surface area contributed by atoms with Gasteiger partial charge in [-0.15, -0.1) is 0 Å². The fourth-order valence-electron chi connectivity index (χ4n) is 2.44. The molecule has 0 saturated heterocycles. The summed E-state index contributed by atoms with van der Waals surface area (Å²) in [7, 11) is 0. The summed E-state index contributed by atoms with van der Waals surface area (Å²) < 4.78 is 0. The fourth-order valence-corrected chi connectivity index (χ4v) is 2.74. The van der Waals surface area contributed by atoms with E-state index in [0.29, 0.717) is 0 Å². The van der Waals surface area contributed by atoms with E-state index in [9.17, 15) is 0 Å². The molecule has 21 heavy (non-hydrogen) atoms. The molecule has 3 heteroatoms. The van der Waals surface area contributed by atoms with Crippen molar-refractivity contribution in [2.45, 2.75) is 20.0 Å². The van der Waals surface area contributed by atoms with E-state index in [1.165, 1.54) is 16.5 Å². The summed E-state index contributed by atoms with van der Waals surface area (Å²) in [6.45, 7) is 3.58. The van der Waals surface area contributed by atoms with E-state index in [1.54, 1.807) is 0 Å². The van der Waals surface area contributed by atoms with Crippen molar-refractivity contribution < 1.29 is 0 Å². The molecule has 1 aromatic heterocycles. The number of para-hydroxylation sites is 1. The molecule has 1 heterocycles. The second-order valence-electron chi connectivity index (χ2n) is 5.19. The maximum Gasteiger partial charge on any atom is 0.0746 e. The Hall–Kier alpha value is -1.90. The molecular weight excluding hydrogens is 280 g/mol. The van der Waals surface area contributed by atoms with Crippen LogP contribution in [0.4, 0.5) is 0 Å². The second kappa shape index (κ2) is 6.25. The lowest BCUT2D eigenvalue weighted by atomic mass is 10.1. The maximum atomic E-state index is 6.25. The summed E-state index contributed by atoms with van der Waals surface area (Å²) in [6, 6.07) is 16.5. The van der Waals surface area contributed by atoms with Gasteiger partial charge < -0.3 is 5.32 Å². The van der Waals surface area contributed by atoms with E-state index in [-0.39, 0.29) is 0 Å². The minimum absolute atomic E-state index is 0.752. The molecule has 3 rings (SSSR count). The number of aryl methyl sites for hydroxylation is 1. The van der Waals surface area contributed by atoms with Crippen molar-refractivity contribution in [1.82, 2.24) is 10.3 Å². The van der Waals surface area contributed by atoms with Crippen LogP contribution in [0, 0.1) is 6.92 Å². The Bertz CT molecular complexity index is 763. The van der Waals surface area contributed by atoms with E-state index in [2.05, 4.69) is 46.7 Å². The highest BCUT2D eigenvalue weighted by Gasteiger charge is 2.03. The van der Waals surface area contributed by atoms with Crippen molar-refractivity contribution in [2.75, 3.05) is 0 Å². The average Bonchev–Trinajstić information content (AvgIpc) is 2.50. The lowest BCUT2D eigenvalue weighted by Crippen LogP contribution is -2.13. The van der Waals surface area contributed by atoms with Crippen LogP contribution in [0.2, 0.25) is 5.02 Å². The lowest BCUT2D eigenvalue weighted by Gasteiger charge is -2.09. The lowest BCUT2D eigenvalue weighted by molar-refractivity contribution is 0.696. The molecule has 1 N–H and O–H groups in total. The molecular formula is C18H17ClN2. The van der Waals surface area contributed by atoms with Gasteiger partial charge in [-0.2, -0.15) is 0 Å².